The van der Waals surface area contributed by atoms with Crippen LogP contribution in [0.25, 0.3) is 0 Å². The summed E-state index contributed by atoms with van der Waals surface area (Å²) in [6.45, 7) is 2.47. The maximum Gasteiger partial charge on any atom is 0.304 e. The SMILES string of the molecule is CC(CN(C)C)NC(=O)c1cccc(N)c1[N+](=O)[O-]. The van der Waals surface area contributed by atoms with E-state index in [0.29, 0.717) is 6.54 Å². The van der Waals surface area contributed by atoms with Crippen LogP contribution >= 0.6 is 0 Å². The highest BCUT2D eigenvalue weighted by Gasteiger charge is 2.23. The minimum Gasteiger partial charge on any atom is -0.393 e. The van der Waals surface area contributed by atoms with E-state index in [0.717, 1.165) is 0 Å². The number of nitrogen functional groups attached to an aromatic ring is 1. The van der Waals surface area contributed by atoms with Crippen LogP contribution in [0, 0.1) is 10.1 Å². The van der Waals surface area contributed by atoms with Gasteiger partial charge in [0, 0.05) is 12.6 Å². The van der Waals surface area contributed by atoms with Gasteiger partial charge in [0.2, 0.25) is 0 Å². The van der Waals surface area contributed by atoms with Gasteiger partial charge in [-0.2, -0.15) is 0 Å². The molecule has 1 aromatic carbocycles. The highest BCUT2D eigenvalue weighted by Crippen LogP contribution is 2.25. The fourth-order valence-corrected chi connectivity index (χ4v) is 1.84. The molecule has 0 bridgehead atoms. The summed E-state index contributed by atoms with van der Waals surface area (Å²) in [4.78, 5) is 24.2. The first-order chi connectivity index (χ1) is 8.82. The third-order valence-corrected chi connectivity index (χ3v) is 2.51. The second kappa shape index (κ2) is 6.14. The molecule has 1 unspecified atom stereocenters. The number of hydrogen-bond acceptors (Lipinski definition) is 5. The summed E-state index contributed by atoms with van der Waals surface area (Å²) in [5.41, 5.74) is 5.16. The molecule has 104 valence electrons. The molecule has 0 saturated carbocycles. The fraction of sp³-hybridized carbons (Fsp3) is 0.417. The van der Waals surface area contributed by atoms with Crippen molar-refractivity contribution in [2.45, 2.75) is 13.0 Å². The molecule has 0 spiro atoms. The monoisotopic (exact) mass is 266 g/mol. The van der Waals surface area contributed by atoms with Crippen molar-refractivity contribution in [1.82, 2.24) is 10.2 Å². The molecule has 0 heterocycles. The molecule has 19 heavy (non-hydrogen) atoms. The molecule has 0 fully saturated rings. The number of nitrogens with two attached hydrogens (primary N) is 1. The van der Waals surface area contributed by atoms with Gasteiger partial charge >= 0.3 is 5.69 Å². The molecule has 7 heteroatoms. The number of carbonyl (C=O) groups is 1. The Balaban J connectivity index is 2.94. The number of nitro benzene ring substituents is 1. The Hall–Kier alpha value is -2.15. The highest BCUT2D eigenvalue weighted by atomic mass is 16.6. The molecule has 1 amide bonds. The van der Waals surface area contributed by atoms with Crippen LogP contribution in [0.1, 0.15) is 17.3 Å². The van der Waals surface area contributed by atoms with Gasteiger partial charge in [0.1, 0.15) is 11.3 Å². The van der Waals surface area contributed by atoms with Gasteiger partial charge in [0.05, 0.1) is 4.92 Å². The quantitative estimate of drug-likeness (QED) is 0.467. The predicted octanol–water partition coefficient (Wildman–Crippen LogP) is 0.857. The van der Waals surface area contributed by atoms with E-state index < -0.39 is 10.8 Å². The van der Waals surface area contributed by atoms with Crippen molar-refractivity contribution >= 4 is 17.3 Å². The van der Waals surface area contributed by atoms with Crippen molar-refractivity contribution in [1.29, 1.82) is 0 Å². The predicted molar refractivity (Wildman–Crippen MR) is 73.0 cm³/mol. The Morgan fingerprint density at radius 2 is 2.16 bits per heavy atom. The number of rotatable bonds is 5. The molecule has 3 N–H and O–H groups in total. The third-order valence-electron chi connectivity index (χ3n) is 2.51. The number of anilines is 1. The lowest BCUT2D eigenvalue weighted by Gasteiger charge is -2.18. The number of amides is 1. The topological polar surface area (TPSA) is 102 Å². The minimum atomic E-state index is -0.638. The Morgan fingerprint density at radius 3 is 2.68 bits per heavy atom. The molecule has 1 rings (SSSR count). The fourth-order valence-electron chi connectivity index (χ4n) is 1.84. The van der Waals surface area contributed by atoms with Gasteiger partial charge in [-0.1, -0.05) is 6.07 Å². The number of likely N-dealkylation sites (N-methyl/N-ethyl adjacent to an activating group) is 1. The van der Waals surface area contributed by atoms with E-state index in [-0.39, 0.29) is 23.0 Å². The Labute approximate surface area is 111 Å². The third kappa shape index (κ3) is 3.92. The smallest absolute Gasteiger partial charge is 0.304 e. The van der Waals surface area contributed by atoms with Crippen LogP contribution in [0.15, 0.2) is 18.2 Å². The Kier molecular flexibility index (Phi) is 4.82. The van der Waals surface area contributed by atoms with Crippen LogP contribution < -0.4 is 11.1 Å². The van der Waals surface area contributed by atoms with E-state index in [4.69, 9.17) is 5.73 Å². The number of nitrogens with one attached hydrogen (secondary N) is 1. The summed E-state index contributed by atoms with van der Waals surface area (Å²) in [6.07, 6.45) is 0. The summed E-state index contributed by atoms with van der Waals surface area (Å²) >= 11 is 0. The molecule has 0 aliphatic rings. The second-order valence-electron chi connectivity index (χ2n) is 4.64. The largest absolute Gasteiger partial charge is 0.393 e. The summed E-state index contributed by atoms with van der Waals surface area (Å²) in [6, 6.07) is 4.20. The van der Waals surface area contributed by atoms with Crippen LogP contribution in [0.5, 0.6) is 0 Å². The number of hydrogen-bond donors (Lipinski definition) is 2. The van der Waals surface area contributed by atoms with Gasteiger partial charge in [0.15, 0.2) is 0 Å². The van der Waals surface area contributed by atoms with Crippen LogP contribution in [0.4, 0.5) is 11.4 Å². The van der Waals surface area contributed by atoms with Gasteiger partial charge in [-0.3, -0.25) is 14.9 Å². The number of carbonyl (C=O) groups excluding carboxylic acids is 1. The van der Waals surface area contributed by atoms with Gasteiger partial charge in [-0.25, -0.2) is 0 Å². The van der Waals surface area contributed by atoms with Gasteiger partial charge < -0.3 is 16.0 Å². The van der Waals surface area contributed by atoms with E-state index in [9.17, 15) is 14.9 Å². The van der Waals surface area contributed by atoms with Gasteiger partial charge in [-0.15, -0.1) is 0 Å². The lowest BCUT2D eigenvalue weighted by Crippen LogP contribution is -2.39. The summed E-state index contributed by atoms with van der Waals surface area (Å²) in [5.74, 6) is -0.492. The number of nitro groups is 1. The van der Waals surface area contributed by atoms with E-state index in [1.165, 1.54) is 18.2 Å². The summed E-state index contributed by atoms with van der Waals surface area (Å²) in [7, 11) is 3.76. The number of para-hydroxylation sites is 1. The molecule has 0 aliphatic heterocycles. The highest BCUT2D eigenvalue weighted by molar-refractivity contribution is 6.00. The molecule has 1 atom stereocenters. The first-order valence-electron chi connectivity index (χ1n) is 5.81. The molecular weight excluding hydrogens is 248 g/mol. The first-order valence-corrected chi connectivity index (χ1v) is 5.81. The van der Waals surface area contributed by atoms with Crippen molar-refractivity contribution in [3.05, 3.63) is 33.9 Å². The van der Waals surface area contributed by atoms with E-state index in [1.54, 1.807) is 0 Å². The number of benzene rings is 1. The van der Waals surface area contributed by atoms with Crippen LogP contribution in [-0.2, 0) is 0 Å². The van der Waals surface area contributed by atoms with Crippen LogP contribution in [0.3, 0.4) is 0 Å². The summed E-state index contributed by atoms with van der Waals surface area (Å²) < 4.78 is 0. The summed E-state index contributed by atoms with van der Waals surface area (Å²) in [5, 5.41) is 13.7. The average molecular weight is 266 g/mol. The maximum absolute atomic E-state index is 12.0. The van der Waals surface area contributed by atoms with E-state index in [2.05, 4.69) is 5.32 Å². The zero-order chi connectivity index (χ0) is 14.6. The molecule has 0 aliphatic carbocycles. The van der Waals surface area contributed by atoms with E-state index in [1.807, 2.05) is 25.9 Å². The van der Waals surface area contributed by atoms with Crippen LogP contribution in [-0.4, -0.2) is 42.4 Å². The Morgan fingerprint density at radius 1 is 1.53 bits per heavy atom. The minimum absolute atomic E-state index is 0.0158. The maximum atomic E-state index is 12.0. The molecule has 7 nitrogen and oxygen atoms in total. The van der Waals surface area contributed by atoms with Gasteiger partial charge in [0.25, 0.3) is 5.91 Å². The molecular formula is C12H18N4O3. The molecule has 1 aromatic rings. The average Bonchev–Trinajstić information content (AvgIpc) is 2.26. The lowest BCUT2D eigenvalue weighted by atomic mass is 10.1. The van der Waals surface area contributed by atoms with Crippen molar-refractivity contribution in [2.75, 3.05) is 26.4 Å². The Bertz CT molecular complexity index is 488. The standard InChI is InChI=1S/C12H18N4O3/c1-8(7-15(2)3)14-12(17)9-5-4-6-10(13)11(9)16(18)19/h4-6,8H,7,13H2,1-3H3,(H,14,17). The zero-order valence-corrected chi connectivity index (χ0v) is 11.2. The number of nitrogens with zero attached hydrogens (tertiary/aromatic N) is 2. The van der Waals surface area contributed by atoms with Crippen molar-refractivity contribution in [3.8, 4) is 0 Å². The first kappa shape index (κ1) is 14.9. The second-order valence-corrected chi connectivity index (χ2v) is 4.64. The lowest BCUT2D eigenvalue weighted by molar-refractivity contribution is -0.384. The van der Waals surface area contributed by atoms with E-state index >= 15 is 0 Å². The van der Waals surface area contributed by atoms with Crippen molar-refractivity contribution in [2.24, 2.45) is 0 Å². The molecule has 0 radical (unpaired) electrons. The van der Waals surface area contributed by atoms with Gasteiger partial charge in [-0.05, 0) is 33.2 Å². The zero-order valence-electron chi connectivity index (χ0n) is 11.2. The van der Waals surface area contributed by atoms with Crippen LogP contribution in [0.2, 0.25) is 0 Å². The molecule has 0 aromatic heterocycles. The normalized spacial score (nSPS) is 12.2. The van der Waals surface area contributed by atoms with Crippen molar-refractivity contribution in [3.63, 3.8) is 0 Å². The molecule has 0 saturated heterocycles. The van der Waals surface area contributed by atoms with Crippen molar-refractivity contribution < 1.29 is 9.72 Å².